The molecule has 0 bridgehead atoms. The third-order valence-corrected chi connectivity index (χ3v) is 6.67. The van der Waals surface area contributed by atoms with Crippen LogP contribution in [0, 0.1) is 6.92 Å². The highest BCUT2D eigenvalue weighted by Crippen LogP contribution is 2.40. The molecule has 0 aromatic heterocycles. The number of hydrogen-bond donors (Lipinski definition) is 2. The van der Waals surface area contributed by atoms with E-state index in [-0.39, 0.29) is 46.2 Å². The average molecular weight is 458 g/mol. The van der Waals surface area contributed by atoms with Crippen LogP contribution in [0.2, 0.25) is 0 Å². The van der Waals surface area contributed by atoms with Crippen LogP contribution in [0.4, 0.5) is 5.69 Å². The van der Waals surface area contributed by atoms with Crippen molar-refractivity contribution in [1.29, 1.82) is 0 Å². The Balaban J connectivity index is 1.73. The molecule has 0 aliphatic carbocycles. The van der Waals surface area contributed by atoms with Crippen LogP contribution in [0.25, 0.3) is 10.8 Å². The summed E-state index contributed by atoms with van der Waals surface area (Å²) in [5.41, 5.74) is 2.47. The van der Waals surface area contributed by atoms with Gasteiger partial charge in [0.1, 0.15) is 0 Å². The van der Waals surface area contributed by atoms with E-state index in [1.54, 1.807) is 32.0 Å². The summed E-state index contributed by atoms with van der Waals surface area (Å²) in [7, 11) is 0. The number of imide groups is 2. The van der Waals surface area contributed by atoms with Gasteiger partial charge in [0.05, 0.1) is 24.9 Å². The van der Waals surface area contributed by atoms with Crippen LogP contribution in [0.15, 0.2) is 42.5 Å². The second-order valence-electron chi connectivity index (χ2n) is 8.52. The standard InChI is InChI=1S/C26H22N2O6/c1-3-15(12-30)27-23(31)16-6-8-18-22-19(9-7-17(21(16)22)24(27)32)26(34)28(25(18)33)20-10-14(11-29)5-4-13(20)2/h4-10,15,29-30H,3,11-12H2,1-2H3. The van der Waals surface area contributed by atoms with Gasteiger partial charge in [-0.15, -0.1) is 0 Å². The number of rotatable bonds is 5. The fraction of sp³-hybridized carbons (Fsp3) is 0.231. The summed E-state index contributed by atoms with van der Waals surface area (Å²) in [6, 6.07) is 10.4. The van der Waals surface area contributed by atoms with Crippen molar-refractivity contribution < 1.29 is 29.4 Å². The number of carbonyl (C=O) groups is 4. The van der Waals surface area contributed by atoms with Crippen LogP contribution in [-0.4, -0.2) is 51.4 Å². The Morgan fingerprint density at radius 1 is 0.765 bits per heavy atom. The average Bonchev–Trinajstić information content (AvgIpc) is 2.84. The highest BCUT2D eigenvalue weighted by atomic mass is 16.3. The summed E-state index contributed by atoms with van der Waals surface area (Å²) in [5, 5.41) is 19.8. The van der Waals surface area contributed by atoms with E-state index < -0.39 is 29.7 Å². The Kier molecular flexibility index (Phi) is 5.07. The van der Waals surface area contributed by atoms with E-state index in [0.717, 1.165) is 9.80 Å². The number of nitrogens with zero attached hydrogens (tertiary/aromatic N) is 2. The largest absolute Gasteiger partial charge is 0.394 e. The first-order valence-electron chi connectivity index (χ1n) is 11.0. The van der Waals surface area contributed by atoms with Gasteiger partial charge < -0.3 is 10.2 Å². The molecule has 172 valence electrons. The third-order valence-electron chi connectivity index (χ3n) is 6.67. The molecule has 3 aromatic rings. The number of aliphatic hydroxyl groups is 2. The SMILES string of the molecule is CCC(CO)N1C(=O)c2ccc3c4c(ccc(c24)C1=O)C(=O)N(c1cc(CO)ccc1C)C3=O. The second-order valence-corrected chi connectivity index (χ2v) is 8.52. The number of aryl methyl sites for hydroxylation is 1. The summed E-state index contributed by atoms with van der Waals surface area (Å²) in [6.07, 6.45) is 0.390. The first-order valence-corrected chi connectivity index (χ1v) is 11.0. The molecule has 0 spiro atoms. The third kappa shape index (κ3) is 2.85. The smallest absolute Gasteiger partial charge is 0.265 e. The van der Waals surface area contributed by atoms with Crippen LogP contribution >= 0.6 is 0 Å². The Hall–Kier alpha value is -3.88. The molecule has 0 fully saturated rings. The zero-order valence-electron chi connectivity index (χ0n) is 18.7. The van der Waals surface area contributed by atoms with Gasteiger partial charge >= 0.3 is 0 Å². The number of amides is 4. The molecule has 2 N–H and O–H groups in total. The van der Waals surface area contributed by atoms with Crippen LogP contribution in [0.3, 0.4) is 0 Å². The zero-order chi connectivity index (χ0) is 24.3. The molecule has 2 aliphatic heterocycles. The minimum Gasteiger partial charge on any atom is -0.394 e. The maximum absolute atomic E-state index is 13.6. The summed E-state index contributed by atoms with van der Waals surface area (Å²) in [5.74, 6) is -2.25. The van der Waals surface area contributed by atoms with E-state index in [0.29, 0.717) is 23.2 Å². The number of hydrogen-bond acceptors (Lipinski definition) is 6. The molecular formula is C26H22N2O6. The number of benzene rings is 3. The summed E-state index contributed by atoms with van der Waals surface area (Å²) in [4.78, 5) is 55.7. The van der Waals surface area contributed by atoms with Gasteiger partial charge in [0.15, 0.2) is 0 Å². The molecule has 0 saturated carbocycles. The first-order chi connectivity index (χ1) is 16.3. The number of carbonyl (C=O) groups excluding carboxylic acids is 4. The van der Waals surface area contributed by atoms with Crippen molar-refractivity contribution in [3.63, 3.8) is 0 Å². The predicted octanol–water partition coefficient (Wildman–Crippen LogP) is 2.81. The number of anilines is 1. The van der Waals surface area contributed by atoms with Gasteiger partial charge in [-0.1, -0.05) is 19.1 Å². The predicted molar refractivity (Wildman–Crippen MR) is 124 cm³/mol. The van der Waals surface area contributed by atoms with Crippen molar-refractivity contribution in [2.24, 2.45) is 0 Å². The Bertz CT molecular complexity index is 1350. The van der Waals surface area contributed by atoms with Gasteiger partial charge in [0, 0.05) is 33.0 Å². The maximum Gasteiger partial charge on any atom is 0.265 e. The molecule has 8 heteroatoms. The van der Waals surface area contributed by atoms with Crippen LogP contribution in [0.1, 0.15) is 65.9 Å². The van der Waals surface area contributed by atoms with E-state index in [1.165, 1.54) is 24.3 Å². The molecule has 0 saturated heterocycles. The second kappa shape index (κ2) is 7.86. The van der Waals surface area contributed by atoms with Gasteiger partial charge in [0.25, 0.3) is 23.6 Å². The van der Waals surface area contributed by atoms with E-state index in [2.05, 4.69) is 0 Å². The van der Waals surface area contributed by atoms with E-state index >= 15 is 0 Å². The minimum absolute atomic E-state index is 0.215. The van der Waals surface area contributed by atoms with E-state index in [9.17, 15) is 29.4 Å². The van der Waals surface area contributed by atoms with Crippen LogP contribution in [-0.2, 0) is 6.61 Å². The lowest BCUT2D eigenvalue weighted by Gasteiger charge is -2.34. The van der Waals surface area contributed by atoms with Gasteiger partial charge in [-0.25, -0.2) is 4.90 Å². The first kappa shape index (κ1) is 21.9. The van der Waals surface area contributed by atoms with Gasteiger partial charge in [-0.2, -0.15) is 0 Å². The summed E-state index contributed by atoms with van der Waals surface area (Å²) in [6.45, 7) is 2.94. The van der Waals surface area contributed by atoms with E-state index in [4.69, 9.17) is 0 Å². The molecule has 0 radical (unpaired) electrons. The topological polar surface area (TPSA) is 115 Å². The molecule has 1 atom stereocenters. The molecule has 2 aliphatic rings. The highest BCUT2D eigenvalue weighted by molar-refractivity contribution is 6.39. The highest BCUT2D eigenvalue weighted by Gasteiger charge is 2.41. The van der Waals surface area contributed by atoms with Crippen molar-refractivity contribution in [2.75, 3.05) is 11.5 Å². The van der Waals surface area contributed by atoms with Crippen molar-refractivity contribution in [2.45, 2.75) is 32.9 Å². The Labute approximate surface area is 195 Å². The zero-order valence-corrected chi connectivity index (χ0v) is 18.7. The summed E-state index contributed by atoms with van der Waals surface area (Å²) < 4.78 is 0. The molecule has 5 rings (SSSR count). The molecule has 4 amide bonds. The van der Waals surface area contributed by atoms with Gasteiger partial charge in [-0.05, 0) is 54.8 Å². The minimum atomic E-state index is -0.670. The quantitative estimate of drug-likeness (QED) is 0.568. The van der Waals surface area contributed by atoms with Crippen molar-refractivity contribution >= 4 is 40.1 Å². The lowest BCUT2D eigenvalue weighted by Crippen LogP contribution is -2.49. The summed E-state index contributed by atoms with van der Waals surface area (Å²) >= 11 is 0. The normalized spacial score (nSPS) is 16.0. The molecule has 1 unspecified atom stereocenters. The van der Waals surface area contributed by atoms with Crippen LogP contribution in [0.5, 0.6) is 0 Å². The molecule has 34 heavy (non-hydrogen) atoms. The molecule has 8 nitrogen and oxygen atoms in total. The Morgan fingerprint density at radius 2 is 1.26 bits per heavy atom. The molecular weight excluding hydrogens is 436 g/mol. The fourth-order valence-corrected chi connectivity index (χ4v) is 4.83. The lowest BCUT2D eigenvalue weighted by atomic mass is 9.85. The lowest BCUT2D eigenvalue weighted by molar-refractivity contribution is 0.0465. The van der Waals surface area contributed by atoms with Crippen molar-refractivity contribution in [1.82, 2.24) is 4.90 Å². The van der Waals surface area contributed by atoms with E-state index in [1.807, 2.05) is 0 Å². The Morgan fingerprint density at radius 3 is 1.71 bits per heavy atom. The van der Waals surface area contributed by atoms with Gasteiger partial charge in [0.2, 0.25) is 0 Å². The monoisotopic (exact) mass is 458 g/mol. The fourth-order valence-electron chi connectivity index (χ4n) is 4.83. The van der Waals surface area contributed by atoms with Gasteiger partial charge in [-0.3, -0.25) is 24.1 Å². The maximum atomic E-state index is 13.6. The number of aliphatic hydroxyl groups excluding tert-OH is 2. The van der Waals surface area contributed by atoms with Crippen LogP contribution < -0.4 is 4.90 Å². The van der Waals surface area contributed by atoms with Crippen molar-refractivity contribution in [3.05, 3.63) is 75.8 Å². The van der Waals surface area contributed by atoms with Crippen molar-refractivity contribution in [3.8, 4) is 0 Å². The molecule has 3 aromatic carbocycles. The molecule has 2 heterocycles.